The molecule has 110 valence electrons. The molecular formula is C15H23N3O2. The Kier molecular flexibility index (Phi) is 4.26. The van der Waals surface area contributed by atoms with Crippen molar-refractivity contribution in [2.45, 2.75) is 52.5 Å². The highest BCUT2D eigenvalue weighted by molar-refractivity contribution is 6.43. The Hall–Kier alpha value is -1.65. The van der Waals surface area contributed by atoms with Gasteiger partial charge in [-0.25, -0.2) is 0 Å². The SMILES string of the molecule is CCC1CCCCN1C(=O)C(=O)c1c(C)nn(C)c1C. The minimum absolute atomic E-state index is 0.206. The summed E-state index contributed by atoms with van der Waals surface area (Å²) in [5, 5.41) is 4.22. The van der Waals surface area contributed by atoms with E-state index in [2.05, 4.69) is 12.0 Å². The average Bonchev–Trinajstić information content (AvgIpc) is 2.70. The number of aromatic nitrogens is 2. The number of carbonyl (C=O) groups is 2. The Morgan fingerprint density at radius 2 is 2.00 bits per heavy atom. The highest BCUT2D eigenvalue weighted by Crippen LogP contribution is 2.22. The van der Waals surface area contributed by atoms with E-state index in [1.54, 1.807) is 23.6 Å². The molecule has 1 saturated heterocycles. The van der Waals surface area contributed by atoms with Crippen LogP contribution in [0, 0.1) is 13.8 Å². The van der Waals surface area contributed by atoms with Gasteiger partial charge in [0.2, 0.25) is 0 Å². The summed E-state index contributed by atoms with van der Waals surface area (Å²) in [6.07, 6.45) is 4.03. The van der Waals surface area contributed by atoms with Gasteiger partial charge in [0.05, 0.1) is 11.3 Å². The van der Waals surface area contributed by atoms with Gasteiger partial charge in [-0.15, -0.1) is 0 Å². The molecule has 0 bridgehead atoms. The van der Waals surface area contributed by atoms with Crippen molar-refractivity contribution in [3.8, 4) is 0 Å². The zero-order valence-corrected chi connectivity index (χ0v) is 12.8. The topological polar surface area (TPSA) is 55.2 Å². The number of likely N-dealkylation sites (tertiary alicyclic amines) is 1. The molecule has 1 aromatic heterocycles. The minimum atomic E-state index is -0.409. The first-order chi connectivity index (χ1) is 9.47. The smallest absolute Gasteiger partial charge is 0.295 e. The van der Waals surface area contributed by atoms with E-state index in [1.807, 2.05) is 6.92 Å². The lowest BCUT2D eigenvalue weighted by molar-refractivity contribution is -0.130. The zero-order chi connectivity index (χ0) is 14.9. The minimum Gasteiger partial charge on any atom is -0.333 e. The molecule has 1 aromatic rings. The van der Waals surface area contributed by atoms with Crippen molar-refractivity contribution < 1.29 is 9.59 Å². The molecule has 5 nitrogen and oxygen atoms in total. The standard InChI is InChI=1S/C15H23N3O2/c1-5-12-8-6-7-9-18(12)15(20)14(19)13-10(2)16-17(4)11(13)3/h12H,5-9H2,1-4H3. The second-order valence-electron chi connectivity index (χ2n) is 5.55. The lowest BCUT2D eigenvalue weighted by Gasteiger charge is -2.34. The van der Waals surface area contributed by atoms with E-state index < -0.39 is 5.78 Å². The van der Waals surface area contributed by atoms with Gasteiger partial charge >= 0.3 is 0 Å². The van der Waals surface area contributed by atoms with E-state index in [0.29, 0.717) is 17.8 Å². The molecule has 0 radical (unpaired) electrons. The molecule has 0 aromatic carbocycles. The molecule has 20 heavy (non-hydrogen) atoms. The summed E-state index contributed by atoms with van der Waals surface area (Å²) < 4.78 is 1.66. The fourth-order valence-corrected chi connectivity index (χ4v) is 3.03. The predicted octanol–water partition coefficient (Wildman–Crippen LogP) is 2.01. The summed E-state index contributed by atoms with van der Waals surface area (Å²) in [7, 11) is 1.79. The van der Waals surface area contributed by atoms with Crippen molar-refractivity contribution in [3.05, 3.63) is 17.0 Å². The molecule has 0 saturated carbocycles. The van der Waals surface area contributed by atoms with Gasteiger partial charge in [0.25, 0.3) is 11.7 Å². The normalized spacial score (nSPS) is 19.2. The lowest BCUT2D eigenvalue weighted by Crippen LogP contribution is -2.46. The van der Waals surface area contributed by atoms with Crippen LogP contribution in [-0.2, 0) is 11.8 Å². The Morgan fingerprint density at radius 3 is 2.55 bits per heavy atom. The van der Waals surface area contributed by atoms with E-state index >= 15 is 0 Å². The van der Waals surface area contributed by atoms with Crippen LogP contribution in [-0.4, -0.2) is 39.0 Å². The van der Waals surface area contributed by atoms with Gasteiger partial charge in [0.15, 0.2) is 0 Å². The highest BCUT2D eigenvalue weighted by Gasteiger charge is 2.32. The number of amides is 1. The Labute approximate surface area is 119 Å². The fourth-order valence-electron chi connectivity index (χ4n) is 3.03. The highest BCUT2D eigenvalue weighted by atomic mass is 16.2. The molecule has 1 aliphatic heterocycles. The molecule has 5 heteroatoms. The maximum absolute atomic E-state index is 12.5. The van der Waals surface area contributed by atoms with Crippen LogP contribution in [0.4, 0.5) is 0 Å². The van der Waals surface area contributed by atoms with Gasteiger partial charge in [-0.1, -0.05) is 6.92 Å². The summed E-state index contributed by atoms with van der Waals surface area (Å²) in [6.45, 7) is 6.37. The van der Waals surface area contributed by atoms with E-state index in [0.717, 1.165) is 31.4 Å². The van der Waals surface area contributed by atoms with Crippen molar-refractivity contribution in [3.63, 3.8) is 0 Å². The third-order valence-corrected chi connectivity index (χ3v) is 4.29. The van der Waals surface area contributed by atoms with Gasteiger partial charge in [-0.3, -0.25) is 14.3 Å². The van der Waals surface area contributed by atoms with E-state index in [1.165, 1.54) is 0 Å². The summed E-state index contributed by atoms with van der Waals surface area (Å²) in [5.41, 5.74) is 1.86. The van der Waals surface area contributed by atoms with Gasteiger partial charge < -0.3 is 4.90 Å². The third kappa shape index (κ3) is 2.49. The lowest BCUT2D eigenvalue weighted by atomic mass is 9.98. The number of Topliss-reactive ketones (excluding diaryl/α,β-unsaturated/α-hetero) is 1. The van der Waals surface area contributed by atoms with Crippen LogP contribution in [0.2, 0.25) is 0 Å². The van der Waals surface area contributed by atoms with Gasteiger partial charge in [-0.05, 0) is 39.5 Å². The van der Waals surface area contributed by atoms with Crippen molar-refractivity contribution in [1.82, 2.24) is 14.7 Å². The molecule has 1 aliphatic rings. The van der Waals surface area contributed by atoms with Gasteiger partial charge in [-0.2, -0.15) is 5.10 Å². The van der Waals surface area contributed by atoms with Crippen LogP contribution in [0.1, 0.15) is 54.4 Å². The molecule has 1 fully saturated rings. The molecular weight excluding hydrogens is 254 g/mol. The van der Waals surface area contributed by atoms with E-state index in [4.69, 9.17) is 0 Å². The monoisotopic (exact) mass is 277 g/mol. The Balaban J connectivity index is 2.26. The quantitative estimate of drug-likeness (QED) is 0.627. The van der Waals surface area contributed by atoms with Crippen molar-refractivity contribution in [1.29, 1.82) is 0 Å². The van der Waals surface area contributed by atoms with Gasteiger partial charge in [0, 0.05) is 25.3 Å². The number of nitrogens with zero attached hydrogens (tertiary/aromatic N) is 3. The summed E-state index contributed by atoms with van der Waals surface area (Å²) in [4.78, 5) is 26.8. The molecule has 1 unspecified atom stereocenters. The molecule has 2 rings (SSSR count). The fraction of sp³-hybridized carbons (Fsp3) is 0.667. The first-order valence-electron chi connectivity index (χ1n) is 7.32. The number of aryl methyl sites for hydroxylation is 2. The molecule has 0 aliphatic carbocycles. The zero-order valence-electron chi connectivity index (χ0n) is 12.8. The first-order valence-corrected chi connectivity index (χ1v) is 7.32. The summed E-state index contributed by atoms with van der Waals surface area (Å²) >= 11 is 0. The second-order valence-corrected chi connectivity index (χ2v) is 5.55. The van der Waals surface area contributed by atoms with Crippen LogP contribution >= 0.6 is 0 Å². The maximum atomic E-state index is 12.5. The molecule has 1 atom stereocenters. The Bertz CT molecular complexity index is 533. The van der Waals surface area contributed by atoms with Crippen LogP contribution in [0.15, 0.2) is 0 Å². The maximum Gasteiger partial charge on any atom is 0.295 e. The number of hydrogen-bond acceptors (Lipinski definition) is 3. The number of hydrogen-bond donors (Lipinski definition) is 0. The second kappa shape index (κ2) is 5.77. The summed E-state index contributed by atoms with van der Waals surface area (Å²) in [5.74, 6) is -0.774. The van der Waals surface area contributed by atoms with Gasteiger partial charge in [0.1, 0.15) is 0 Å². The first kappa shape index (κ1) is 14.8. The van der Waals surface area contributed by atoms with Crippen molar-refractivity contribution >= 4 is 11.7 Å². The van der Waals surface area contributed by atoms with E-state index in [-0.39, 0.29) is 11.9 Å². The van der Waals surface area contributed by atoms with Crippen LogP contribution in [0.25, 0.3) is 0 Å². The average molecular weight is 277 g/mol. The number of rotatable bonds is 3. The van der Waals surface area contributed by atoms with Crippen molar-refractivity contribution in [2.24, 2.45) is 7.05 Å². The van der Waals surface area contributed by atoms with Crippen LogP contribution < -0.4 is 0 Å². The largest absolute Gasteiger partial charge is 0.333 e. The van der Waals surface area contributed by atoms with Crippen LogP contribution in [0.5, 0.6) is 0 Å². The third-order valence-electron chi connectivity index (χ3n) is 4.29. The molecule has 0 N–H and O–H groups in total. The predicted molar refractivity (Wildman–Crippen MR) is 76.7 cm³/mol. The van der Waals surface area contributed by atoms with E-state index in [9.17, 15) is 9.59 Å². The Morgan fingerprint density at radius 1 is 1.30 bits per heavy atom. The number of piperidine rings is 1. The molecule has 2 heterocycles. The molecule has 0 spiro atoms. The molecule has 1 amide bonds. The van der Waals surface area contributed by atoms with Crippen molar-refractivity contribution in [2.75, 3.05) is 6.54 Å². The summed E-state index contributed by atoms with van der Waals surface area (Å²) in [6, 6.07) is 0.206. The van der Waals surface area contributed by atoms with Crippen LogP contribution in [0.3, 0.4) is 0 Å². The number of carbonyl (C=O) groups excluding carboxylic acids is 2. The number of ketones is 1.